The van der Waals surface area contributed by atoms with E-state index in [0.29, 0.717) is 12.3 Å². The van der Waals surface area contributed by atoms with Crippen molar-refractivity contribution < 1.29 is 5.11 Å². The molecule has 0 saturated heterocycles. The minimum atomic E-state index is -0.229. The van der Waals surface area contributed by atoms with Crippen LogP contribution in [0.5, 0.6) is 0 Å². The molecule has 2 nitrogen and oxygen atoms in total. The van der Waals surface area contributed by atoms with E-state index in [1.165, 1.54) is 18.4 Å². The standard InChI is InChI=1S/C13H19NO/c1-9-3-6-12(14-8-9)7-13(15)10(2)11-4-5-11/h3,6,8,10-11,13,15H,4-5,7H2,1-2H3. The van der Waals surface area contributed by atoms with E-state index >= 15 is 0 Å². The van der Waals surface area contributed by atoms with Gasteiger partial charge in [0.1, 0.15) is 0 Å². The number of aromatic nitrogens is 1. The molecule has 0 bridgehead atoms. The molecule has 2 heteroatoms. The molecule has 0 aromatic carbocycles. The second kappa shape index (κ2) is 4.31. The first kappa shape index (κ1) is 10.6. The van der Waals surface area contributed by atoms with Gasteiger partial charge in [-0.25, -0.2) is 0 Å². The van der Waals surface area contributed by atoms with Crippen molar-refractivity contribution in [2.24, 2.45) is 11.8 Å². The first-order chi connectivity index (χ1) is 7.16. The van der Waals surface area contributed by atoms with Crippen molar-refractivity contribution in [3.05, 3.63) is 29.6 Å². The zero-order valence-corrected chi connectivity index (χ0v) is 9.48. The van der Waals surface area contributed by atoms with Gasteiger partial charge in [0.05, 0.1) is 6.10 Å². The van der Waals surface area contributed by atoms with E-state index in [0.717, 1.165) is 11.6 Å². The third-order valence-corrected chi connectivity index (χ3v) is 3.36. The number of rotatable bonds is 4. The van der Waals surface area contributed by atoms with Crippen LogP contribution in [0.25, 0.3) is 0 Å². The smallest absolute Gasteiger partial charge is 0.0623 e. The Kier molecular flexibility index (Phi) is 3.06. The van der Waals surface area contributed by atoms with E-state index < -0.39 is 0 Å². The number of aliphatic hydroxyl groups excluding tert-OH is 1. The van der Waals surface area contributed by atoms with Crippen molar-refractivity contribution in [2.45, 2.75) is 39.2 Å². The van der Waals surface area contributed by atoms with Gasteiger partial charge in [-0.2, -0.15) is 0 Å². The Hall–Kier alpha value is -0.890. The maximum atomic E-state index is 10.0. The summed E-state index contributed by atoms with van der Waals surface area (Å²) in [5, 5.41) is 10.0. The summed E-state index contributed by atoms with van der Waals surface area (Å²) in [4.78, 5) is 4.32. The average molecular weight is 205 g/mol. The molecular weight excluding hydrogens is 186 g/mol. The van der Waals surface area contributed by atoms with Crippen LogP contribution in [0, 0.1) is 18.8 Å². The van der Waals surface area contributed by atoms with Crippen LogP contribution in [0.2, 0.25) is 0 Å². The molecule has 0 radical (unpaired) electrons. The Morgan fingerprint density at radius 1 is 1.47 bits per heavy atom. The van der Waals surface area contributed by atoms with Gasteiger partial charge in [0.15, 0.2) is 0 Å². The van der Waals surface area contributed by atoms with E-state index in [9.17, 15) is 5.11 Å². The Morgan fingerprint density at radius 3 is 2.73 bits per heavy atom. The van der Waals surface area contributed by atoms with Crippen molar-refractivity contribution in [3.8, 4) is 0 Å². The molecular formula is C13H19NO. The van der Waals surface area contributed by atoms with Crippen LogP contribution in [0.1, 0.15) is 31.0 Å². The monoisotopic (exact) mass is 205 g/mol. The van der Waals surface area contributed by atoms with Crippen LogP contribution in [0.15, 0.2) is 18.3 Å². The van der Waals surface area contributed by atoms with Crippen molar-refractivity contribution in [1.82, 2.24) is 4.98 Å². The second-order valence-corrected chi connectivity index (χ2v) is 4.79. The number of nitrogens with zero attached hydrogens (tertiary/aromatic N) is 1. The first-order valence-electron chi connectivity index (χ1n) is 5.76. The summed E-state index contributed by atoms with van der Waals surface area (Å²) in [6, 6.07) is 4.06. The van der Waals surface area contributed by atoms with E-state index in [4.69, 9.17) is 0 Å². The lowest BCUT2D eigenvalue weighted by atomic mass is 9.95. The van der Waals surface area contributed by atoms with Gasteiger partial charge >= 0.3 is 0 Å². The summed E-state index contributed by atoms with van der Waals surface area (Å²) >= 11 is 0. The molecule has 2 atom stereocenters. The lowest BCUT2D eigenvalue weighted by Crippen LogP contribution is -2.22. The molecule has 1 aromatic rings. The summed E-state index contributed by atoms with van der Waals surface area (Å²) in [6.45, 7) is 4.18. The molecule has 2 unspecified atom stereocenters. The molecule has 0 spiro atoms. The molecule has 1 aromatic heterocycles. The predicted molar refractivity (Wildman–Crippen MR) is 60.6 cm³/mol. The fourth-order valence-corrected chi connectivity index (χ4v) is 1.96. The van der Waals surface area contributed by atoms with Crippen LogP contribution >= 0.6 is 0 Å². The zero-order valence-electron chi connectivity index (χ0n) is 9.48. The number of aliphatic hydroxyl groups is 1. The highest BCUT2D eigenvalue weighted by Crippen LogP contribution is 2.38. The number of hydrogen-bond acceptors (Lipinski definition) is 2. The highest BCUT2D eigenvalue weighted by Gasteiger charge is 2.32. The van der Waals surface area contributed by atoms with E-state index in [2.05, 4.69) is 18.0 Å². The Morgan fingerprint density at radius 2 is 2.20 bits per heavy atom. The molecule has 1 aliphatic carbocycles. The SMILES string of the molecule is Cc1ccc(CC(O)C(C)C2CC2)nc1. The molecule has 82 valence electrons. The fourth-order valence-electron chi connectivity index (χ4n) is 1.96. The van der Waals surface area contributed by atoms with Gasteiger partial charge in [-0.05, 0) is 43.2 Å². The fraction of sp³-hybridized carbons (Fsp3) is 0.615. The normalized spacial score (nSPS) is 19.9. The topological polar surface area (TPSA) is 33.1 Å². The molecule has 1 N–H and O–H groups in total. The molecule has 1 heterocycles. The van der Waals surface area contributed by atoms with Crippen LogP contribution in [-0.2, 0) is 6.42 Å². The summed E-state index contributed by atoms with van der Waals surface area (Å²) < 4.78 is 0. The van der Waals surface area contributed by atoms with Gasteiger partial charge in [0.2, 0.25) is 0 Å². The number of hydrogen-bond donors (Lipinski definition) is 1. The summed E-state index contributed by atoms with van der Waals surface area (Å²) in [5.74, 6) is 1.18. The largest absolute Gasteiger partial charge is 0.392 e. The first-order valence-corrected chi connectivity index (χ1v) is 5.76. The highest BCUT2D eigenvalue weighted by atomic mass is 16.3. The molecule has 1 aliphatic rings. The lowest BCUT2D eigenvalue weighted by Gasteiger charge is -2.17. The highest BCUT2D eigenvalue weighted by molar-refractivity contribution is 5.13. The zero-order chi connectivity index (χ0) is 10.8. The average Bonchev–Trinajstić information content (AvgIpc) is 3.04. The van der Waals surface area contributed by atoms with E-state index in [-0.39, 0.29) is 6.10 Å². The molecule has 0 amide bonds. The van der Waals surface area contributed by atoms with Gasteiger partial charge in [-0.1, -0.05) is 13.0 Å². The van der Waals surface area contributed by atoms with Crippen molar-refractivity contribution in [1.29, 1.82) is 0 Å². The third kappa shape index (κ3) is 2.78. The van der Waals surface area contributed by atoms with Crippen molar-refractivity contribution >= 4 is 0 Å². The maximum Gasteiger partial charge on any atom is 0.0623 e. The second-order valence-electron chi connectivity index (χ2n) is 4.79. The van der Waals surface area contributed by atoms with Crippen LogP contribution in [0.3, 0.4) is 0 Å². The Labute approximate surface area is 91.4 Å². The number of aryl methyl sites for hydroxylation is 1. The molecule has 1 fully saturated rings. The van der Waals surface area contributed by atoms with Crippen LogP contribution in [0.4, 0.5) is 0 Å². The van der Waals surface area contributed by atoms with Crippen molar-refractivity contribution in [2.75, 3.05) is 0 Å². The molecule has 0 aliphatic heterocycles. The van der Waals surface area contributed by atoms with Gasteiger partial charge in [0.25, 0.3) is 0 Å². The predicted octanol–water partition coefficient (Wildman–Crippen LogP) is 2.34. The van der Waals surface area contributed by atoms with Gasteiger partial charge in [-0.3, -0.25) is 4.98 Å². The molecule has 15 heavy (non-hydrogen) atoms. The van der Waals surface area contributed by atoms with Crippen molar-refractivity contribution in [3.63, 3.8) is 0 Å². The Balaban J connectivity index is 1.92. The van der Waals surface area contributed by atoms with E-state index in [1.54, 1.807) is 0 Å². The minimum absolute atomic E-state index is 0.229. The maximum absolute atomic E-state index is 10.0. The third-order valence-electron chi connectivity index (χ3n) is 3.36. The van der Waals surface area contributed by atoms with Crippen LogP contribution in [-0.4, -0.2) is 16.2 Å². The summed E-state index contributed by atoms with van der Waals surface area (Å²) in [5.41, 5.74) is 2.17. The number of pyridine rings is 1. The van der Waals surface area contributed by atoms with Gasteiger partial charge in [0, 0.05) is 18.3 Å². The van der Waals surface area contributed by atoms with E-state index in [1.807, 2.05) is 19.2 Å². The quantitative estimate of drug-likeness (QED) is 0.818. The molecule has 1 saturated carbocycles. The summed E-state index contributed by atoms with van der Waals surface area (Å²) in [6.07, 6.45) is 4.91. The summed E-state index contributed by atoms with van der Waals surface area (Å²) in [7, 11) is 0. The van der Waals surface area contributed by atoms with Gasteiger partial charge < -0.3 is 5.11 Å². The van der Waals surface area contributed by atoms with Gasteiger partial charge in [-0.15, -0.1) is 0 Å². The molecule has 2 rings (SSSR count). The Bertz CT molecular complexity index is 316. The lowest BCUT2D eigenvalue weighted by molar-refractivity contribution is 0.104. The minimum Gasteiger partial charge on any atom is -0.392 e. The van der Waals surface area contributed by atoms with Crippen LogP contribution < -0.4 is 0 Å².